The molecule has 1 aromatic heterocycles. The molecular weight excluding hydrogens is 246 g/mol. The lowest BCUT2D eigenvalue weighted by Crippen LogP contribution is -1.94. The Labute approximate surface area is 109 Å². The number of ether oxygens (including phenoxy) is 1. The van der Waals surface area contributed by atoms with Crippen molar-refractivity contribution in [1.82, 2.24) is 4.98 Å². The summed E-state index contributed by atoms with van der Waals surface area (Å²) in [4.78, 5) is 14.3. The van der Waals surface area contributed by atoms with Crippen LogP contribution in [0.3, 0.4) is 0 Å². The van der Waals surface area contributed by atoms with E-state index < -0.39 is 4.92 Å². The van der Waals surface area contributed by atoms with Crippen molar-refractivity contribution in [1.29, 1.82) is 5.26 Å². The van der Waals surface area contributed by atoms with E-state index in [1.165, 1.54) is 18.2 Å². The molecule has 0 aliphatic heterocycles. The summed E-state index contributed by atoms with van der Waals surface area (Å²) in [7, 11) is 0. The number of nitro groups is 1. The predicted octanol–water partition coefficient (Wildman–Crippen LogP) is 2.96. The lowest BCUT2D eigenvalue weighted by Gasteiger charge is -2.06. The summed E-state index contributed by atoms with van der Waals surface area (Å²) >= 11 is 0. The first-order valence-electron chi connectivity index (χ1n) is 5.40. The van der Waals surface area contributed by atoms with Gasteiger partial charge in [0.1, 0.15) is 17.4 Å². The minimum atomic E-state index is -0.512. The minimum Gasteiger partial charge on any atom is -0.437 e. The van der Waals surface area contributed by atoms with Crippen LogP contribution in [0.25, 0.3) is 0 Å². The third kappa shape index (κ3) is 2.84. The molecule has 0 unspecified atom stereocenters. The molecule has 0 amide bonds. The zero-order valence-electron chi connectivity index (χ0n) is 10.0. The second-order valence-electron chi connectivity index (χ2n) is 3.77. The number of benzene rings is 1. The maximum absolute atomic E-state index is 10.7. The molecule has 94 valence electrons. The van der Waals surface area contributed by atoms with E-state index in [9.17, 15) is 10.1 Å². The summed E-state index contributed by atoms with van der Waals surface area (Å²) in [5.74, 6) is 0.409. The Kier molecular flexibility index (Phi) is 3.39. The molecule has 6 nitrogen and oxygen atoms in total. The summed E-state index contributed by atoms with van der Waals surface area (Å²) in [6.07, 6.45) is 0. The molecule has 0 bridgehead atoms. The Morgan fingerprint density at radius 1 is 1.37 bits per heavy atom. The van der Waals surface area contributed by atoms with Crippen LogP contribution in [-0.2, 0) is 0 Å². The van der Waals surface area contributed by atoms with Crippen molar-refractivity contribution >= 4 is 5.69 Å². The number of hydrogen-bond acceptors (Lipinski definition) is 5. The van der Waals surface area contributed by atoms with Gasteiger partial charge in [-0.2, -0.15) is 5.26 Å². The molecule has 0 saturated carbocycles. The van der Waals surface area contributed by atoms with Gasteiger partial charge in [-0.3, -0.25) is 10.1 Å². The van der Waals surface area contributed by atoms with E-state index in [1.54, 1.807) is 25.1 Å². The van der Waals surface area contributed by atoms with Crippen LogP contribution in [0.4, 0.5) is 5.69 Å². The molecule has 0 aliphatic carbocycles. The standard InChI is InChI=1S/C13H9N3O3/c1-9-5-6-10(8-14)13(15-9)19-12-4-2-3-11(7-12)16(17)18/h2-7H,1H3. The van der Waals surface area contributed by atoms with E-state index in [-0.39, 0.29) is 22.9 Å². The Hall–Kier alpha value is -2.94. The molecule has 0 atom stereocenters. The number of nitriles is 1. The summed E-state index contributed by atoms with van der Waals surface area (Å²) in [6.45, 7) is 1.77. The van der Waals surface area contributed by atoms with Crippen molar-refractivity contribution < 1.29 is 9.66 Å². The van der Waals surface area contributed by atoms with E-state index in [0.29, 0.717) is 5.69 Å². The number of aromatic nitrogens is 1. The second kappa shape index (κ2) is 5.14. The molecule has 0 saturated heterocycles. The van der Waals surface area contributed by atoms with E-state index >= 15 is 0 Å². The number of aryl methyl sites for hydroxylation is 1. The molecule has 0 N–H and O–H groups in total. The predicted molar refractivity (Wildman–Crippen MR) is 66.9 cm³/mol. The van der Waals surface area contributed by atoms with Crippen molar-refractivity contribution in [2.75, 3.05) is 0 Å². The van der Waals surface area contributed by atoms with Crippen LogP contribution < -0.4 is 4.74 Å². The van der Waals surface area contributed by atoms with Gasteiger partial charge < -0.3 is 4.74 Å². The Bertz CT molecular complexity index is 677. The zero-order valence-corrected chi connectivity index (χ0v) is 10.0. The normalized spacial score (nSPS) is 9.68. The van der Waals surface area contributed by atoms with Gasteiger partial charge in [0.15, 0.2) is 0 Å². The first-order valence-corrected chi connectivity index (χ1v) is 5.40. The highest BCUT2D eigenvalue weighted by Gasteiger charge is 2.10. The highest BCUT2D eigenvalue weighted by molar-refractivity contribution is 5.44. The monoisotopic (exact) mass is 255 g/mol. The van der Waals surface area contributed by atoms with Crippen molar-refractivity contribution in [2.45, 2.75) is 6.92 Å². The Morgan fingerprint density at radius 2 is 2.16 bits per heavy atom. The SMILES string of the molecule is Cc1ccc(C#N)c(Oc2cccc([N+](=O)[O-])c2)n1. The third-order valence-electron chi connectivity index (χ3n) is 2.36. The first kappa shape index (κ1) is 12.5. The minimum absolute atomic E-state index is 0.0799. The fraction of sp³-hybridized carbons (Fsp3) is 0.0769. The molecule has 1 aromatic carbocycles. The van der Waals surface area contributed by atoms with Gasteiger partial charge in [0.25, 0.3) is 5.69 Å². The molecule has 1 heterocycles. The largest absolute Gasteiger partial charge is 0.437 e. The zero-order chi connectivity index (χ0) is 13.8. The number of non-ortho nitro benzene ring substituents is 1. The second-order valence-corrected chi connectivity index (χ2v) is 3.77. The lowest BCUT2D eigenvalue weighted by molar-refractivity contribution is -0.384. The van der Waals surface area contributed by atoms with E-state index in [0.717, 1.165) is 0 Å². The van der Waals surface area contributed by atoms with Crippen molar-refractivity contribution in [3.63, 3.8) is 0 Å². The summed E-state index contributed by atoms with van der Waals surface area (Å²) < 4.78 is 5.43. The van der Waals surface area contributed by atoms with E-state index in [1.807, 2.05) is 6.07 Å². The lowest BCUT2D eigenvalue weighted by atomic mass is 10.2. The van der Waals surface area contributed by atoms with Gasteiger partial charge in [0.2, 0.25) is 5.88 Å². The van der Waals surface area contributed by atoms with Gasteiger partial charge in [0, 0.05) is 11.8 Å². The molecule has 19 heavy (non-hydrogen) atoms. The first-order chi connectivity index (χ1) is 9.10. The number of nitrogens with zero attached hydrogens (tertiary/aromatic N) is 3. The molecule has 2 aromatic rings. The van der Waals surface area contributed by atoms with Gasteiger partial charge in [0.05, 0.1) is 11.0 Å². The van der Waals surface area contributed by atoms with Crippen molar-refractivity contribution in [2.24, 2.45) is 0 Å². The van der Waals surface area contributed by atoms with Gasteiger partial charge >= 0.3 is 0 Å². The van der Waals surface area contributed by atoms with Crippen LogP contribution in [0, 0.1) is 28.4 Å². The number of pyridine rings is 1. The fourth-order valence-corrected chi connectivity index (χ4v) is 1.47. The number of rotatable bonds is 3. The maximum Gasteiger partial charge on any atom is 0.273 e. The molecule has 6 heteroatoms. The van der Waals surface area contributed by atoms with Crippen LogP contribution >= 0.6 is 0 Å². The fourth-order valence-electron chi connectivity index (χ4n) is 1.47. The van der Waals surface area contributed by atoms with Gasteiger partial charge in [-0.25, -0.2) is 4.98 Å². The van der Waals surface area contributed by atoms with Crippen LogP contribution in [0.1, 0.15) is 11.3 Å². The molecule has 2 rings (SSSR count). The molecule has 0 aliphatic rings. The number of nitro benzene ring substituents is 1. The molecular formula is C13H9N3O3. The highest BCUT2D eigenvalue weighted by Crippen LogP contribution is 2.26. The number of hydrogen-bond donors (Lipinski definition) is 0. The summed E-state index contributed by atoms with van der Waals surface area (Å²) in [5.41, 5.74) is 0.889. The van der Waals surface area contributed by atoms with Crippen LogP contribution in [0.5, 0.6) is 11.6 Å². The Balaban J connectivity index is 2.36. The van der Waals surface area contributed by atoms with Gasteiger partial charge in [-0.1, -0.05) is 6.07 Å². The topological polar surface area (TPSA) is 89.0 Å². The van der Waals surface area contributed by atoms with Crippen molar-refractivity contribution in [3.8, 4) is 17.7 Å². The Morgan fingerprint density at radius 3 is 2.84 bits per heavy atom. The summed E-state index contributed by atoms with van der Waals surface area (Å²) in [6, 6.07) is 11.0. The molecule has 0 radical (unpaired) electrons. The summed E-state index contributed by atoms with van der Waals surface area (Å²) in [5, 5.41) is 19.6. The van der Waals surface area contributed by atoms with Gasteiger partial charge in [-0.05, 0) is 25.1 Å². The van der Waals surface area contributed by atoms with Crippen LogP contribution in [0.2, 0.25) is 0 Å². The highest BCUT2D eigenvalue weighted by atomic mass is 16.6. The van der Waals surface area contributed by atoms with E-state index in [4.69, 9.17) is 10.00 Å². The van der Waals surface area contributed by atoms with E-state index in [2.05, 4.69) is 4.98 Å². The van der Waals surface area contributed by atoms with Gasteiger partial charge in [-0.15, -0.1) is 0 Å². The van der Waals surface area contributed by atoms with Crippen LogP contribution in [-0.4, -0.2) is 9.91 Å². The average molecular weight is 255 g/mol. The maximum atomic E-state index is 10.7. The smallest absolute Gasteiger partial charge is 0.273 e. The molecule has 0 spiro atoms. The van der Waals surface area contributed by atoms with Crippen molar-refractivity contribution in [3.05, 3.63) is 57.8 Å². The average Bonchev–Trinajstić information content (AvgIpc) is 2.39. The third-order valence-corrected chi connectivity index (χ3v) is 2.36. The van der Waals surface area contributed by atoms with Crippen LogP contribution in [0.15, 0.2) is 36.4 Å². The molecule has 0 fully saturated rings. The quantitative estimate of drug-likeness (QED) is 0.621.